The maximum absolute atomic E-state index is 5.52. The molecule has 15 heavy (non-hydrogen) atoms. The second-order valence-electron chi connectivity index (χ2n) is 3.51. The predicted octanol–water partition coefficient (Wildman–Crippen LogP) is 2.39. The fourth-order valence-corrected chi connectivity index (χ4v) is 1.62. The number of nitrogens with two attached hydrogens (primary N) is 1. The molecule has 0 saturated carbocycles. The minimum atomic E-state index is 0.218. The lowest BCUT2D eigenvalue weighted by molar-refractivity contribution is 0.339. The molecule has 0 saturated heterocycles. The standard InChI is InChI=1S/C12H20N2O/c1-3-6-12(14-13)10-7-5-8-11(9-10)15-4-2/h5,7-9,12,14H,3-4,6,13H2,1-2H3. The first-order valence-corrected chi connectivity index (χ1v) is 5.50. The van der Waals surface area contributed by atoms with Crippen molar-refractivity contribution in [3.05, 3.63) is 29.8 Å². The van der Waals surface area contributed by atoms with Crippen molar-refractivity contribution in [2.24, 2.45) is 5.84 Å². The summed E-state index contributed by atoms with van der Waals surface area (Å²) in [5.41, 5.74) is 4.02. The molecule has 1 aromatic carbocycles. The highest BCUT2D eigenvalue weighted by atomic mass is 16.5. The molecule has 1 unspecified atom stereocenters. The van der Waals surface area contributed by atoms with Crippen LogP contribution in [-0.4, -0.2) is 6.61 Å². The van der Waals surface area contributed by atoms with Crippen LogP contribution in [0.1, 0.15) is 38.3 Å². The summed E-state index contributed by atoms with van der Waals surface area (Å²) in [5.74, 6) is 6.43. The second-order valence-corrected chi connectivity index (χ2v) is 3.51. The number of ether oxygens (including phenoxy) is 1. The molecule has 0 radical (unpaired) electrons. The molecule has 0 spiro atoms. The van der Waals surface area contributed by atoms with Crippen LogP contribution < -0.4 is 16.0 Å². The number of hydrogen-bond acceptors (Lipinski definition) is 3. The van der Waals surface area contributed by atoms with Gasteiger partial charge in [-0.15, -0.1) is 0 Å². The average Bonchev–Trinajstić information content (AvgIpc) is 2.27. The maximum Gasteiger partial charge on any atom is 0.119 e. The highest BCUT2D eigenvalue weighted by Crippen LogP contribution is 2.22. The van der Waals surface area contributed by atoms with Crippen molar-refractivity contribution in [1.29, 1.82) is 0 Å². The van der Waals surface area contributed by atoms with Gasteiger partial charge in [-0.1, -0.05) is 25.5 Å². The zero-order valence-corrected chi connectivity index (χ0v) is 9.49. The molecular formula is C12H20N2O. The van der Waals surface area contributed by atoms with Crippen LogP contribution >= 0.6 is 0 Å². The number of rotatable bonds is 6. The van der Waals surface area contributed by atoms with Crippen LogP contribution in [-0.2, 0) is 0 Å². The van der Waals surface area contributed by atoms with Crippen molar-refractivity contribution in [3.8, 4) is 5.75 Å². The zero-order chi connectivity index (χ0) is 11.1. The molecule has 0 aliphatic heterocycles. The third-order valence-electron chi connectivity index (χ3n) is 2.35. The van der Waals surface area contributed by atoms with E-state index in [1.807, 2.05) is 25.1 Å². The number of hydrogen-bond donors (Lipinski definition) is 2. The van der Waals surface area contributed by atoms with Crippen molar-refractivity contribution in [2.45, 2.75) is 32.7 Å². The topological polar surface area (TPSA) is 47.3 Å². The van der Waals surface area contributed by atoms with Crippen molar-refractivity contribution in [1.82, 2.24) is 5.43 Å². The molecule has 3 nitrogen and oxygen atoms in total. The molecule has 1 aromatic rings. The van der Waals surface area contributed by atoms with E-state index in [-0.39, 0.29) is 6.04 Å². The molecule has 3 heteroatoms. The van der Waals surface area contributed by atoms with Gasteiger partial charge in [-0.05, 0) is 31.0 Å². The van der Waals surface area contributed by atoms with Gasteiger partial charge in [-0.25, -0.2) is 0 Å². The molecule has 0 aromatic heterocycles. The lowest BCUT2D eigenvalue weighted by Crippen LogP contribution is -2.27. The third kappa shape index (κ3) is 3.53. The summed E-state index contributed by atoms with van der Waals surface area (Å²) in [6.07, 6.45) is 2.14. The van der Waals surface area contributed by atoms with Gasteiger partial charge in [-0.2, -0.15) is 0 Å². The summed E-state index contributed by atoms with van der Waals surface area (Å²) in [5, 5.41) is 0. The van der Waals surface area contributed by atoms with E-state index in [1.54, 1.807) is 0 Å². The summed E-state index contributed by atoms with van der Waals surface area (Å²) in [4.78, 5) is 0. The zero-order valence-electron chi connectivity index (χ0n) is 9.49. The monoisotopic (exact) mass is 208 g/mol. The van der Waals surface area contributed by atoms with Gasteiger partial charge in [0, 0.05) is 6.04 Å². The first kappa shape index (κ1) is 12.0. The number of benzene rings is 1. The minimum Gasteiger partial charge on any atom is -0.494 e. The highest BCUT2D eigenvalue weighted by molar-refractivity contribution is 5.30. The van der Waals surface area contributed by atoms with Crippen molar-refractivity contribution >= 4 is 0 Å². The Morgan fingerprint density at radius 1 is 1.40 bits per heavy atom. The summed E-state index contributed by atoms with van der Waals surface area (Å²) in [6, 6.07) is 8.30. The van der Waals surface area contributed by atoms with E-state index in [4.69, 9.17) is 10.6 Å². The Bertz CT molecular complexity index is 289. The third-order valence-corrected chi connectivity index (χ3v) is 2.35. The van der Waals surface area contributed by atoms with Crippen LogP contribution in [0.5, 0.6) is 5.75 Å². The molecule has 84 valence electrons. The Morgan fingerprint density at radius 2 is 2.20 bits per heavy atom. The van der Waals surface area contributed by atoms with Gasteiger partial charge < -0.3 is 4.74 Å². The molecule has 1 atom stereocenters. The second kappa shape index (κ2) is 6.43. The first-order valence-electron chi connectivity index (χ1n) is 5.50. The van der Waals surface area contributed by atoms with Crippen LogP contribution in [0.4, 0.5) is 0 Å². The number of hydrazine groups is 1. The Hall–Kier alpha value is -1.06. The van der Waals surface area contributed by atoms with Crippen molar-refractivity contribution < 1.29 is 4.74 Å². The van der Waals surface area contributed by atoms with E-state index >= 15 is 0 Å². The molecular weight excluding hydrogens is 188 g/mol. The van der Waals surface area contributed by atoms with Crippen LogP contribution in [0, 0.1) is 0 Å². The van der Waals surface area contributed by atoms with E-state index in [0.29, 0.717) is 6.61 Å². The van der Waals surface area contributed by atoms with E-state index < -0.39 is 0 Å². The lowest BCUT2D eigenvalue weighted by atomic mass is 10.0. The fraction of sp³-hybridized carbons (Fsp3) is 0.500. The van der Waals surface area contributed by atoms with Gasteiger partial charge in [0.2, 0.25) is 0 Å². The molecule has 0 aliphatic carbocycles. The summed E-state index contributed by atoms with van der Waals surface area (Å²) < 4.78 is 5.45. The largest absolute Gasteiger partial charge is 0.494 e. The lowest BCUT2D eigenvalue weighted by Gasteiger charge is -2.16. The van der Waals surface area contributed by atoms with E-state index in [1.165, 1.54) is 5.56 Å². The summed E-state index contributed by atoms with van der Waals surface area (Å²) in [6.45, 7) is 4.83. The molecule has 0 amide bonds. The molecule has 0 bridgehead atoms. The molecule has 3 N–H and O–H groups in total. The highest BCUT2D eigenvalue weighted by Gasteiger charge is 2.08. The molecule has 1 rings (SSSR count). The number of nitrogens with one attached hydrogen (secondary N) is 1. The van der Waals surface area contributed by atoms with Crippen LogP contribution in [0.3, 0.4) is 0 Å². The van der Waals surface area contributed by atoms with Crippen LogP contribution in [0.25, 0.3) is 0 Å². The average molecular weight is 208 g/mol. The van der Waals surface area contributed by atoms with Crippen LogP contribution in [0.15, 0.2) is 24.3 Å². The Balaban J connectivity index is 2.77. The maximum atomic E-state index is 5.52. The first-order chi connectivity index (χ1) is 7.31. The summed E-state index contributed by atoms with van der Waals surface area (Å²) in [7, 11) is 0. The summed E-state index contributed by atoms with van der Waals surface area (Å²) >= 11 is 0. The van der Waals surface area contributed by atoms with E-state index in [0.717, 1.165) is 18.6 Å². The van der Waals surface area contributed by atoms with E-state index in [9.17, 15) is 0 Å². The van der Waals surface area contributed by atoms with Crippen LogP contribution in [0.2, 0.25) is 0 Å². The minimum absolute atomic E-state index is 0.218. The Kier molecular flexibility index (Phi) is 5.15. The van der Waals surface area contributed by atoms with E-state index in [2.05, 4.69) is 18.4 Å². The van der Waals surface area contributed by atoms with Gasteiger partial charge in [0.1, 0.15) is 5.75 Å². The van der Waals surface area contributed by atoms with Gasteiger partial charge in [0.15, 0.2) is 0 Å². The van der Waals surface area contributed by atoms with Gasteiger partial charge >= 0.3 is 0 Å². The fourth-order valence-electron chi connectivity index (χ4n) is 1.62. The quantitative estimate of drug-likeness (QED) is 0.557. The Labute approximate surface area is 91.6 Å². The molecule has 0 aliphatic rings. The van der Waals surface area contributed by atoms with Gasteiger partial charge in [-0.3, -0.25) is 11.3 Å². The van der Waals surface area contributed by atoms with Crippen molar-refractivity contribution in [2.75, 3.05) is 6.61 Å². The predicted molar refractivity (Wildman–Crippen MR) is 62.6 cm³/mol. The molecule has 0 fully saturated rings. The van der Waals surface area contributed by atoms with Crippen molar-refractivity contribution in [3.63, 3.8) is 0 Å². The Morgan fingerprint density at radius 3 is 2.80 bits per heavy atom. The molecule has 0 heterocycles. The smallest absolute Gasteiger partial charge is 0.119 e. The van der Waals surface area contributed by atoms with Gasteiger partial charge in [0.05, 0.1) is 6.61 Å². The normalized spacial score (nSPS) is 12.5. The van der Waals surface area contributed by atoms with Gasteiger partial charge in [0.25, 0.3) is 0 Å². The SMILES string of the molecule is CCCC(NN)c1cccc(OCC)c1.